The van der Waals surface area contributed by atoms with E-state index >= 15 is 0 Å². The fourth-order valence-electron chi connectivity index (χ4n) is 2.69. The van der Waals surface area contributed by atoms with Crippen molar-refractivity contribution in [2.24, 2.45) is 11.7 Å². The number of amides is 1. The Labute approximate surface area is 201 Å². The normalized spacial score (nSPS) is 12.4. The molecule has 2 rings (SSSR count). The number of pyridine rings is 1. The number of carboxylic acid groups (broad SMARTS) is 2. The molecule has 0 bridgehead atoms. The van der Waals surface area contributed by atoms with Crippen molar-refractivity contribution in [2.45, 2.75) is 65.1 Å². The third-order valence-electron chi connectivity index (χ3n) is 4.10. The van der Waals surface area contributed by atoms with Crippen LogP contribution in [-0.2, 0) is 20.7 Å². The van der Waals surface area contributed by atoms with E-state index in [4.69, 9.17) is 20.6 Å². The van der Waals surface area contributed by atoms with E-state index in [1.54, 1.807) is 26.8 Å². The fourth-order valence-corrected chi connectivity index (χ4v) is 2.69. The van der Waals surface area contributed by atoms with Crippen LogP contribution in [0.2, 0.25) is 0 Å². The highest BCUT2D eigenvalue weighted by Crippen LogP contribution is 2.13. The number of rotatable bonds is 7. The van der Waals surface area contributed by atoms with Crippen molar-refractivity contribution < 1.29 is 34.4 Å². The number of alkyl carbamates (subject to hydrolysis) is 1. The number of carbonyl (C=O) groups is 3. The Morgan fingerprint density at radius 2 is 1.65 bits per heavy atom. The van der Waals surface area contributed by atoms with Gasteiger partial charge in [0.15, 0.2) is 0 Å². The lowest BCUT2D eigenvalue weighted by molar-refractivity contribution is -0.140. The molecule has 6 N–H and O–H groups in total. The minimum Gasteiger partial charge on any atom is -0.480 e. The third-order valence-corrected chi connectivity index (χ3v) is 4.10. The average Bonchev–Trinajstić information content (AvgIpc) is 2.73. The number of hydrogen-bond acceptors (Lipinski definition) is 7. The molecule has 188 valence electrons. The average molecular weight is 477 g/mol. The topological polar surface area (TPSA) is 172 Å². The standard InChI is InChI=1S/C17H20N2O4.C6H13NO2.BH3O/c1-17(2,3)23-16(22)19-14(15(20)21)10-12-9-8-11-6-4-5-7-13(11)18-12;1-4(2)3-5(7)6(8)9;1-2/h4-9,14H,10H2,1-3H3,(H,19,22)(H,20,21);4-5H,3,7H2,1-2H3,(H,8,9);2H,1H2/t14-;5-;/m00./s1. The van der Waals surface area contributed by atoms with E-state index < -0.39 is 35.7 Å². The Hall–Kier alpha value is -3.18. The van der Waals surface area contributed by atoms with E-state index in [9.17, 15) is 19.5 Å². The van der Waals surface area contributed by atoms with Gasteiger partial charge in [-0.3, -0.25) is 9.78 Å². The number of nitrogens with one attached hydrogen (secondary N) is 1. The first-order chi connectivity index (χ1) is 15.8. The van der Waals surface area contributed by atoms with Gasteiger partial charge in [-0.1, -0.05) is 38.1 Å². The van der Waals surface area contributed by atoms with Crippen molar-refractivity contribution in [1.29, 1.82) is 0 Å². The molecule has 10 nitrogen and oxygen atoms in total. The van der Waals surface area contributed by atoms with Crippen LogP contribution in [0.1, 0.15) is 46.7 Å². The monoisotopic (exact) mass is 477 g/mol. The predicted octanol–water partition coefficient (Wildman–Crippen LogP) is 1.73. The molecule has 1 heterocycles. The number of aromatic nitrogens is 1. The molecular weight excluding hydrogens is 441 g/mol. The molecule has 0 saturated carbocycles. The second-order valence-electron chi connectivity index (χ2n) is 8.81. The summed E-state index contributed by atoms with van der Waals surface area (Å²) >= 11 is 0. The molecule has 2 atom stereocenters. The van der Waals surface area contributed by atoms with Crippen LogP contribution in [0.3, 0.4) is 0 Å². The lowest BCUT2D eigenvalue weighted by Gasteiger charge is -2.22. The Balaban J connectivity index is 0.000000836. The molecule has 11 heteroatoms. The van der Waals surface area contributed by atoms with Gasteiger partial charge in [-0.25, -0.2) is 9.59 Å². The first-order valence-corrected chi connectivity index (χ1v) is 10.8. The maximum absolute atomic E-state index is 11.8. The van der Waals surface area contributed by atoms with Gasteiger partial charge in [0.2, 0.25) is 0 Å². The Morgan fingerprint density at radius 1 is 1.06 bits per heavy atom. The van der Waals surface area contributed by atoms with Crippen LogP contribution in [-0.4, -0.2) is 64.0 Å². The lowest BCUT2D eigenvalue weighted by atomic mass is 10.1. The smallest absolute Gasteiger partial charge is 0.408 e. The molecule has 1 aromatic carbocycles. The van der Waals surface area contributed by atoms with Crippen LogP contribution in [0.4, 0.5) is 4.79 Å². The molecule has 1 amide bonds. The van der Waals surface area contributed by atoms with Crippen molar-refractivity contribution in [1.82, 2.24) is 10.3 Å². The van der Waals surface area contributed by atoms with Gasteiger partial charge in [-0.15, -0.1) is 0 Å². The number of carboxylic acids is 2. The van der Waals surface area contributed by atoms with Crippen molar-refractivity contribution in [3.63, 3.8) is 0 Å². The molecule has 34 heavy (non-hydrogen) atoms. The van der Waals surface area contributed by atoms with Crippen molar-refractivity contribution in [3.05, 3.63) is 42.1 Å². The molecule has 0 aliphatic heterocycles. The maximum Gasteiger partial charge on any atom is 0.408 e. The zero-order valence-corrected chi connectivity index (χ0v) is 20.6. The number of fused-ring (bicyclic) bond motifs is 1. The van der Waals surface area contributed by atoms with Gasteiger partial charge < -0.3 is 31.0 Å². The molecule has 0 saturated heterocycles. The first-order valence-electron chi connectivity index (χ1n) is 10.8. The zero-order chi connectivity index (χ0) is 26.5. The minimum atomic E-state index is -1.13. The van der Waals surface area contributed by atoms with Gasteiger partial charge in [-0.2, -0.15) is 0 Å². The summed E-state index contributed by atoms with van der Waals surface area (Å²) in [6.45, 7) is 9.04. The molecular formula is C23H36BN3O7. The highest BCUT2D eigenvalue weighted by Gasteiger charge is 2.24. The SMILES string of the molecule is BO.CC(C)(C)OC(=O)N[C@@H](Cc1ccc2ccccc2n1)C(=O)O.CC(C)C[C@H](N)C(=O)O. The highest BCUT2D eigenvalue weighted by molar-refractivity contribution is 5.95. The van der Waals surface area contributed by atoms with Crippen LogP contribution >= 0.6 is 0 Å². The molecule has 0 aliphatic rings. The largest absolute Gasteiger partial charge is 0.480 e. The van der Waals surface area contributed by atoms with E-state index in [0.717, 1.165) is 19.0 Å². The number of para-hydroxylation sites is 1. The van der Waals surface area contributed by atoms with Crippen LogP contribution in [0, 0.1) is 5.92 Å². The number of nitrogens with two attached hydrogens (primary N) is 1. The van der Waals surface area contributed by atoms with Gasteiger partial charge in [0, 0.05) is 17.5 Å². The molecule has 0 aliphatic carbocycles. The summed E-state index contributed by atoms with van der Waals surface area (Å²) in [6.07, 6.45) is -0.125. The van der Waals surface area contributed by atoms with Crippen LogP contribution < -0.4 is 11.1 Å². The van der Waals surface area contributed by atoms with Gasteiger partial charge in [0.25, 0.3) is 8.05 Å². The van der Waals surface area contributed by atoms with E-state index in [1.807, 2.05) is 44.2 Å². The van der Waals surface area contributed by atoms with Crippen molar-refractivity contribution in [2.75, 3.05) is 0 Å². The summed E-state index contributed by atoms with van der Waals surface area (Å²) < 4.78 is 5.09. The summed E-state index contributed by atoms with van der Waals surface area (Å²) in [5.41, 5.74) is 5.91. The summed E-state index contributed by atoms with van der Waals surface area (Å²) in [5.74, 6) is -1.69. The second kappa shape index (κ2) is 14.9. The summed E-state index contributed by atoms with van der Waals surface area (Å²) in [5, 5.41) is 27.9. The summed E-state index contributed by atoms with van der Waals surface area (Å²) in [4.78, 5) is 37.7. The molecule has 0 fully saturated rings. The zero-order valence-electron chi connectivity index (χ0n) is 20.6. The molecule has 2 aromatic rings. The predicted molar refractivity (Wildman–Crippen MR) is 132 cm³/mol. The molecule has 0 spiro atoms. The van der Waals surface area contributed by atoms with Crippen LogP contribution in [0.25, 0.3) is 10.9 Å². The van der Waals surface area contributed by atoms with E-state index in [-0.39, 0.29) is 6.42 Å². The van der Waals surface area contributed by atoms with Gasteiger partial charge in [0.05, 0.1) is 5.52 Å². The van der Waals surface area contributed by atoms with Gasteiger partial charge in [0.1, 0.15) is 17.7 Å². The van der Waals surface area contributed by atoms with Crippen molar-refractivity contribution >= 4 is 37.0 Å². The van der Waals surface area contributed by atoms with Crippen LogP contribution in [0.5, 0.6) is 0 Å². The maximum atomic E-state index is 11.8. The Bertz CT molecular complexity index is 932. The van der Waals surface area contributed by atoms with Crippen molar-refractivity contribution in [3.8, 4) is 0 Å². The van der Waals surface area contributed by atoms with E-state index in [0.29, 0.717) is 18.0 Å². The Morgan fingerprint density at radius 3 is 2.12 bits per heavy atom. The number of hydrogen-bond donors (Lipinski definition) is 5. The number of nitrogens with zero attached hydrogens (tertiary/aromatic N) is 1. The second-order valence-corrected chi connectivity index (χ2v) is 8.81. The lowest BCUT2D eigenvalue weighted by Crippen LogP contribution is -2.44. The number of benzene rings is 1. The molecule has 0 radical (unpaired) electrons. The number of aliphatic carboxylic acids is 2. The van der Waals surface area contributed by atoms with E-state index in [1.165, 1.54) is 0 Å². The quantitative estimate of drug-likeness (QED) is 0.372. The molecule has 1 aromatic heterocycles. The number of ether oxygens (including phenoxy) is 1. The fraction of sp³-hybridized carbons (Fsp3) is 0.478. The Kier molecular flexibility index (Phi) is 13.5. The van der Waals surface area contributed by atoms with E-state index in [2.05, 4.69) is 10.3 Å². The highest BCUT2D eigenvalue weighted by atomic mass is 16.6. The van der Waals surface area contributed by atoms with Gasteiger partial charge in [-0.05, 0) is 45.2 Å². The summed E-state index contributed by atoms with van der Waals surface area (Å²) in [7, 11) is 1.00. The summed E-state index contributed by atoms with van der Waals surface area (Å²) in [6, 6.07) is 9.42. The van der Waals surface area contributed by atoms with Crippen LogP contribution in [0.15, 0.2) is 36.4 Å². The minimum absolute atomic E-state index is 0.0827. The number of carbonyl (C=O) groups excluding carboxylic acids is 1. The van der Waals surface area contributed by atoms with Gasteiger partial charge >= 0.3 is 18.0 Å². The first kappa shape index (κ1) is 30.8. The molecule has 0 unspecified atom stereocenters. The third kappa shape index (κ3) is 12.8.